The summed E-state index contributed by atoms with van der Waals surface area (Å²) in [6, 6.07) is 13.2. The van der Waals surface area contributed by atoms with Crippen LogP contribution in [0, 0.1) is 17.6 Å². The summed E-state index contributed by atoms with van der Waals surface area (Å²) in [5.74, 6) is 0.204. The normalized spacial score (nSPS) is 19.1. The Morgan fingerprint density at radius 3 is 1.90 bits per heavy atom. The van der Waals surface area contributed by atoms with Gasteiger partial charge in [0, 0.05) is 32.2 Å². The zero-order valence-corrected chi connectivity index (χ0v) is 17.4. The Kier molecular flexibility index (Phi) is 6.44. The highest BCUT2D eigenvalue weighted by Crippen LogP contribution is 2.32. The van der Waals surface area contributed by atoms with E-state index in [9.17, 15) is 13.6 Å². The lowest BCUT2D eigenvalue weighted by Crippen LogP contribution is -2.51. The number of carbonyl (C=O) groups excluding carboxylic acids is 1. The van der Waals surface area contributed by atoms with Crippen LogP contribution < -0.4 is 5.32 Å². The lowest BCUT2D eigenvalue weighted by atomic mass is 9.96. The van der Waals surface area contributed by atoms with Gasteiger partial charge < -0.3 is 5.32 Å². The van der Waals surface area contributed by atoms with Crippen LogP contribution >= 0.6 is 0 Å². The molecular weight excluding hydrogens is 384 g/mol. The van der Waals surface area contributed by atoms with Crippen LogP contribution in [-0.2, 0) is 4.79 Å². The first-order valence-corrected chi connectivity index (χ1v) is 10.8. The molecule has 1 atom stereocenters. The molecule has 6 heteroatoms. The first-order valence-electron chi connectivity index (χ1n) is 10.8. The van der Waals surface area contributed by atoms with E-state index in [4.69, 9.17) is 0 Å². The molecule has 0 aromatic heterocycles. The van der Waals surface area contributed by atoms with Crippen LogP contribution in [0.15, 0.2) is 48.5 Å². The molecule has 1 N–H and O–H groups in total. The summed E-state index contributed by atoms with van der Waals surface area (Å²) < 4.78 is 26.9. The molecule has 1 amide bonds. The van der Waals surface area contributed by atoms with Gasteiger partial charge in [-0.3, -0.25) is 14.6 Å². The number of carbonyl (C=O) groups is 1. The van der Waals surface area contributed by atoms with Crippen molar-refractivity contribution in [3.63, 3.8) is 0 Å². The fourth-order valence-electron chi connectivity index (χ4n) is 4.30. The van der Waals surface area contributed by atoms with Crippen molar-refractivity contribution in [3.05, 3.63) is 71.3 Å². The van der Waals surface area contributed by atoms with E-state index in [-0.39, 0.29) is 29.6 Å². The Labute approximate surface area is 176 Å². The molecule has 0 bridgehead atoms. The number of amides is 1. The Morgan fingerprint density at radius 1 is 0.933 bits per heavy atom. The van der Waals surface area contributed by atoms with Crippen LogP contribution in [0.3, 0.4) is 0 Å². The van der Waals surface area contributed by atoms with E-state index in [1.807, 2.05) is 0 Å². The molecule has 4 rings (SSSR count). The number of piperazine rings is 1. The molecule has 1 unspecified atom stereocenters. The second-order valence-electron chi connectivity index (χ2n) is 8.51. The molecule has 1 aliphatic carbocycles. The quantitative estimate of drug-likeness (QED) is 0.754. The van der Waals surface area contributed by atoms with Gasteiger partial charge >= 0.3 is 0 Å². The van der Waals surface area contributed by atoms with E-state index in [0.29, 0.717) is 12.5 Å². The summed E-state index contributed by atoms with van der Waals surface area (Å²) in [5, 5.41) is 3.12. The summed E-state index contributed by atoms with van der Waals surface area (Å²) in [6.45, 7) is 5.64. The summed E-state index contributed by atoms with van der Waals surface area (Å²) >= 11 is 0. The first-order chi connectivity index (χ1) is 14.5. The van der Waals surface area contributed by atoms with Crippen LogP contribution in [-0.4, -0.2) is 54.5 Å². The van der Waals surface area contributed by atoms with Crippen molar-refractivity contribution in [3.8, 4) is 0 Å². The zero-order chi connectivity index (χ0) is 21.1. The van der Waals surface area contributed by atoms with Gasteiger partial charge in [0.25, 0.3) is 0 Å². The molecular formula is C24H29F2N3O. The fourth-order valence-corrected chi connectivity index (χ4v) is 4.30. The van der Waals surface area contributed by atoms with Crippen LogP contribution in [0.5, 0.6) is 0 Å². The summed E-state index contributed by atoms with van der Waals surface area (Å²) in [5.41, 5.74) is 1.96. The van der Waals surface area contributed by atoms with E-state index in [1.54, 1.807) is 24.3 Å². The Bertz CT molecular complexity index is 798. The highest BCUT2D eigenvalue weighted by atomic mass is 19.1. The molecule has 30 heavy (non-hydrogen) atoms. The van der Waals surface area contributed by atoms with Gasteiger partial charge in [-0.05, 0) is 61.1 Å². The zero-order valence-electron chi connectivity index (χ0n) is 17.4. The van der Waals surface area contributed by atoms with Crippen molar-refractivity contribution >= 4 is 5.91 Å². The summed E-state index contributed by atoms with van der Waals surface area (Å²) in [4.78, 5) is 16.8. The van der Waals surface area contributed by atoms with Gasteiger partial charge in [0.1, 0.15) is 11.6 Å². The first kappa shape index (κ1) is 20.9. The monoisotopic (exact) mass is 413 g/mol. The number of hydrogen-bond acceptors (Lipinski definition) is 3. The Hall–Kier alpha value is -2.31. The Balaban J connectivity index is 1.40. The van der Waals surface area contributed by atoms with Crippen molar-refractivity contribution in [1.82, 2.24) is 15.1 Å². The Morgan fingerprint density at radius 2 is 1.43 bits per heavy atom. The molecule has 1 saturated carbocycles. The minimum Gasteiger partial charge on any atom is -0.352 e. The van der Waals surface area contributed by atoms with Crippen molar-refractivity contribution in [2.45, 2.75) is 31.8 Å². The van der Waals surface area contributed by atoms with Gasteiger partial charge in [0.05, 0.1) is 12.6 Å². The third kappa shape index (κ3) is 5.24. The lowest BCUT2D eigenvalue weighted by molar-refractivity contribution is -0.123. The number of hydrogen-bond donors (Lipinski definition) is 1. The molecule has 1 aliphatic heterocycles. The van der Waals surface area contributed by atoms with Crippen LogP contribution in [0.1, 0.15) is 36.9 Å². The van der Waals surface area contributed by atoms with E-state index in [0.717, 1.165) is 37.3 Å². The van der Waals surface area contributed by atoms with Gasteiger partial charge in [-0.1, -0.05) is 24.3 Å². The molecule has 1 saturated heterocycles. The van der Waals surface area contributed by atoms with Gasteiger partial charge in [-0.2, -0.15) is 0 Å². The minimum absolute atomic E-state index is 0.0722. The largest absolute Gasteiger partial charge is 0.352 e. The molecule has 1 heterocycles. The molecule has 2 aromatic rings. The van der Waals surface area contributed by atoms with Gasteiger partial charge in [-0.15, -0.1) is 0 Å². The third-order valence-corrected chi connectivity index (χ3v) is 6.23. The average molecular weight is 414 g/mol. The van der Waals surface area contributed by atoms with E-state index >= 15 is 0 Å². The molecule has 0 radical (unpaired) electrons. The third-order valence-electron chi connectivity index (χ3n) is 6.23. The predicted octanol–water partition coefficient (Wildman–Crippen LogP) is 3.59. The molecule has 2 fully saturated rings. The van der Waals surface area contributed by atoms with E-state index in [1.165, 1.54) is 37.1 Å². The topological polar surface area (TPSA) is 35.6 Å². The number of rotatable bonds is 7. The number of nitrogens with one attached hydrogen (secondary N) is 1. The second-order valence-corrected chi connectivity index (χ2v) is 8.51. The minimum atomic E-state index is -0.270. The maximum Gasteiger partial charge on any atom is 0.234 e. The smallest absolute Gasteiger partial charge is 0.234 e. The van der Waals surface area contributed by atoms with Crippen LogP contribution in [0.25, 0.3) is 0 Å². The molecule has 2 aromatic carbocycles. The van der Waals surface area contributed by atoms with Crippen LogP contribution in [0.2, 0.25) is 0 Å². The van der Waals surface area contributed by atoms with Crippen LogP contribution in [0.4, 0.5) is 8.78 Å². The standard InChI is InChI=1S/C24H29F2N3O/c1-17(18-2-3-18)27-23(30)16-28-12-14-29(15-13-28)24(19-4-8-21(25)9-5-19)20-6-10-22(26)11-7-20/h4-11,17-18,24H,2-3,12-16H2,1H3,(H,27,30). The highest BCUT2D eigenvalue weighted by Gasteiger charge is 2.30. The fraction of sp³-hybridized carbons (Fsp3) is 0.458. The molecule has 4 nitrogen and oxygen atoms in total. The van der Waals surface area contributed by atoms with Gasteiger partial charge in [-0.25, -0.2) is 8.78 Å². The van der Waals surface area contributed by atoms with Crippen molar-refractivity contribution in [2.75, 3.05) is 32.7 Å². The number of halogens is 2. The SMILES string of the molecule is CC(NC(=O)CN1CCN(C(c2ccc(F)cc2)c2ccc(F)cc2)CC1)C1CC1. The summed E-state index contributed by atoms with van der Waals surface area (Å²) in [6.07, 6.45) is 2.43. The second kappa shape index (κ2) is 9.23. The maximum absolute atomic E-state index is 13.5. The molecule has 0 spiro atoms. The lowest BCUT2D eigenvalue weighted by Gasteiger charge is -2.39. The number of nitrogens with zero attached hydrogens (tertiary/aromatic N) is 2. The van der Waals surface area contributed by atoms with E-state index < -0.39 is 0 Å². The summed E-state index contributed by atoms with van der Waals surface area (Å²) in [7, 11) is 0. The maximum atomic E-state index is 13.5. The number of benzene rings is 2. The molecule has 2 aliphatic rings. The highest BCUT2D eigenvalue weighted by molar-refractivity contribution is 5.78. The molecule has 160 valence electrons. The van der Waals surface area contributed by atoms with Crippen molar-refractivity contribution < 1.29 is 13.6 Å². The van der Waals surface area contributed by atoms with Gasteiger partial charge in [0.2, 0.25) is 5.91 Å². The van der Waals surface area contributed by atoms with Gasteiger partial charge in [0.15, 0.2) is 0 Å². The predicted molar refractivity (Wildman–Crippen MR) is 113 cm³/mol. The average Bonchev–Trinajstić information content (AvgIpc) is 3.58. The van der Waals surface area contributed by atoms with E-state index in [2.05, 4.69) is 22.0 Å². The van der Waals surface area contributed by atoms with Crippen molar-refractivity contribution in [1.29, 1.82) is 0 Å². The van der Waals surface area contributed by atoms with Crippen molar-refractivity contribution in [2.24, 2.45) is 5.92 Å².